The van der Waals surface area contributed by atoms with Crippen molar-refractivity contribution in [3.63, 3.8) is 0 Å². The van der Waals surface area contributed by atoms with Crippen molar-refractivity contribution in [3.05, 3.63) is 145 Å². The molecule has 0 saturated carbocycles. The zero-order chi connectivity index (χ0) is 31.3. The molecule has 0 atom stereocenters. The molecule has 233 valence electrons. The standard InChI is InChI=1S/C31H29FN.C11H8N.Ir/c1-19(2)13-21-15-22(14-20(3)4)17-24(16-21)31-30-10-9-27-26-8-6-25(32)18-23(26)5-7-28(27)29(30)11-12-33-31;1-2-6-10(7-3-1)11-8-4-5-9-12-11;/h5-12,15-16,18-20H,13-14H2,1-4H3;1-6,8-9H;/q2*-1;. The molecule has 1 radical (unpaired) electrons. The van der Waals surface area contributed by atoms with Gasteiger partial charge < -0.3 is 9.97 Å². The first kappa shape index (κ1) is 33.1. The number of aromatic nitrogens is 2. The van der Waals surface area contributed by atoms with Crippen LogP contribution in [0, 0.1) is 29.8 Å². The predicted molar refractivity (Wildman–Crippen MR) is 187 cm³/mol. The quantitative estimate of drug-likeness (QED) is 0.124. The van der Waals surface area contributed by atoms with Gasteiger partial charge in [0.25, 0.3) is 0 Å². The van der Waals surface area contributed by atoms with Crippen LogP contribution < -0.4 is 0 Å². The van der Waals surface area contributed by atoms with Crippen molar-refractivity contribution in [2.45, 2.75) is 40.5 Å². The molecular weight excluding hydrogens is 744 g/mol. The summed E-state index contributed by atoms with van der Waals surface area (Å²) in [5, 5.41) is 6.57. The monoisotopic (exact) mass is 781 g/mol. The minimum Gasteiger partial charge on any atom is -0.305 e. The summed E-state index contributed by atoms with van der Waals surface area (Å²) in [6.45, 7) is 9.02. The summed E-state index contributed by atoms with van der Waals surface area (Å²) in [7, 11) is 0. The van der Waals surface area contributed by atoms with E-state index in [0.717, 1.165) is 67.7 Å². The number of nitrogens with zero attached hydrogens (tertiary/aromatic N) is 2. The second kappa shape index (κ2) is 14.9. The third kappa shape index (κ3) is 7.58. The average molecular weight is 781 g/mol. The molecular formula is C42H37FIrN2-2. The van der Waals surface area contributed by atoms with Gasteiger partial charge in [0.1, 0.15) is 5.82 Å². The van der Waals surface area contributed by atoms with Crippen molar-refractivity contribution in [2.24, 2.45) is 11.8 Å². The van der Waals surface area contributed by atoms with Crippen LogP contribution in [-0.4, -0.2) is 9.97 Å². The molecule has 46 heavy (non-hydrogen) atoms. The van der Waals surface area contributed by atoms with E-state index in [1.807, 2.05) is 60.8 Å². The Hall–Kier alpha value is -4.24. The Bertz CT molecular complexity index is 2010. The Kier molecular flexibility index (Phi) is 10.7. The topological polar surface area (TPSA) is 25.8 Å². The van der Waals surface area contributed by atoms with Crippen LogP contribution in [0.1, 0.15) is 38.8 Å². The number of fused-ring (bicyclic) bond motifs is 5. The van der Waals surface area contributed by atoms with Crippen LogP contribution in [0.15, 0.2) is 116 Å². The fourth-order valence-corrected chi connectivity index (χ4v) is 6.03. The summed E-state index contributed by atoms with van der Waals surface area (Å²) in [6.07, 6.45) is 5.74. The molecule has 0 aliphatic heterocycles. The van der Waals surface area contributed by atoms with Gasteiger partial charge in [0.15, 0.2) is 0 Å². The van der Waals surface area contributed by atoms with E-state index in [1.54, 1.807) is 12.3 Å². The minimum atomic E-state index is -0.205. The summed E-state index contributed by atoms with van der Waals surface area (Å²) in [4.78, 5) is 9.04. The third-order valence-corrected chi connectivity index (χ3v) is 7.88. The van der Waals surface area contributed by atoms with Gasteiger partial charge in [0.2, 0.25) is 0 Å². The van der Waals surface area contributed by atoms with E-state index in [1.165, 1.54) is 17.2 Å². The van der Waals surface area contributed by atoms with Crippen LogP contribution in [0.3, 0.4) is 0 Å². The van der Waals surface area contributed by atoms with E-state index >= 15 is 0 Å². The summed E-state index contributed by atoms with van der Waals surface area (Å²) in [6, 6.07) is 40.6. The zero-order valence-electron chi connectivity index (χ0n) is 26.6. The number of hydrogen-bond acceptors (Lipinski definition) is 2. The van der Waals surface area contributed by atoms with Crippen LogP contribution in [0.5, 0.6) is 0 Å². The molecule has 0 spiro atoms. The van der Waals surface area contributed by atoms with E-state index in [-0.39, 0.29) is 25.9 Å². The predicted octanol–water partition coefficient (Wildman–Crippen LogP) is 11.1. The summed E-state index contributed by atoms with van der Waals surface area (Å²) in [5.41, 5.74) is 6.66. The van der Waals surface area contributed by atoms with Gasteiger partial charge in [-0.1, -0.05) is 70.2 Å². The van der Waals surface area contributed by atoms with E-state index in [2.05, 4.69) is 81.2 Å². The molecule has 0 aliphatic carbocycles. The van der Waals surface area contributed by atoms with Gasteiger partial charge in [-0.25, -0.2) is 4.39 Å². The molecule has 0 saturated heterocycles. The second-order valence-electron chi connectivity index (χ2n) is 12.5. The van der Waals surface area contributed by atoms with Crippen LogP contribution >= 0.6 is 0 Å². The molecule has 2 heterocycles. The number of pyridine rings is 2. The van der Waals surface area contributed by atoms with Gasteiger partial charge in [0, 0.05) is 32.5 Å². The molecule has 0 bridgehead atoms. The van der Waals surface area contributed by atoms with E-state index in [0.29, 0.717) is 11.8 Å². The molecule has 0 fully saturated rings. The third-order valence-electron chi connectivity index (χ3n) is 7.88. The maximum Gasteiger partial charge on any atom is 0.123 e. The fraction of sp³-hybridized carbons (Fsp3) is 0.190. The Labute approximate surface area is 285 Å². The van der Waals surface area contributed by atoms with Gasteiger partial charge in [-0.2, -0.15) is 0 Å². The van der Waals surface area contributed by atoms with E-state index < -0.39 is 0 Å². The van der Waals surface area contributed by atoms with Crippen LogP contribution in [0.2, 0.25) is 0 Å². The summed E-state index contributed by atoms with van der Waals surface area (Å²) < 4.78 is 13.7. The van der Waals surface area contributed by atoms with Crippen LogP contribution in [0.4, 0.5) is 4.39 Å². The maximum atomic E-state index is 13.7. The largest absolute Gasteiger partial charge is 0.305 e. The van der Waals surface area contributed by atoms with Crippen LogP contribution in [0.25, 0.3) is 54.8 Å². The van der Waals surface area contributed by atoms with Crippen LogP contribution in [-0.2, 0) is 32.9 Å². The second-order valence-corrected chi connectivity index (χ2v) is 12.5. The molecule has 4 heteroatoms. The van der Waals surface area contributed by atoms with Crippen molar-refractivity contribution >= 4 is 32.3 Å². The molecule has 7 rings (SSSR count). The first-order chi connectivity index (χ1) is 21.9. The van der Waals surface area contributed by atoms with Crippen molar-refractivity contribution < 1.29 is 24.5 Å². The van der Waals surface area contributed by atoms with E-state index in [9.17, 15) is 4.39 Å². The molecule has 5 aromatic carbocycles. The zero-order valence-corrected chi connectivity index (χ0v) is 29.0. The smallest absolute Gasteiger partial charge is 0.123 e. The first-order valence-electron chi connectivity index (χ1n) is 15.7. The number of benzene rings is 5. The fourth-order valence-electron chi connectivity index (χ4n) is 6.03. The van der Waals surface area contributed by atoms with Gasteiger partial charge >= 0.3 is 0 Å². The van der Waals surface area contributed by atoms with Gasteiger partial charge in [-0.3, -0.25) is 0 Å². The molecule has 2 aromatic heterocycles. The molecule has 0 aliphatic rings. The van der Waals surface area contributed by atoms with Gasteiger partial charge in [0.05, 0.1) is 0 Å². The first-order valence-corrected chi connectivity index (χ1v) is 15.7. The van der Waals surface area contributed by atoms with Crippen molar-refractivity contribution in [1.29, 1.82) is 0 Å². The summed E-state index contributed by atoms with van der Waals surface area (Å²) >= 11 is 0. The Morgan fingerprint density at radius 3 is 2.09 bits per heavy atom. The SMILES string of the molecule is CC(C)Cc1[c-]c(-c2nccc3c2ccc2c4ccc(F)cc4ccc32)cc(CC(C)C)c1.[Ir].[c-]1ccccc1-c1ccccn1. The number of halogens is 1. The number of hydrogen-bond donors (Lipinski definition) is 0. The molecule has 2 nitrogen and oxygen atoms in total. The van der Waals surface area contributed by atoms with Crippen molar-refractivity contribution in [1.82, 2.24) is 9.97 Å². The number of rotatable bonds is 6. The minimum absolute atomic E-state index is 0. The normalized spacial score (nSPS) is 11.1. The van der Waals surface area contributed by atoms with Gasteiger partial charge in [-0.15, -0.1) is 70.8 Å². The maximum absolute atomic E-state index is 13.7. The Morgan fingerprint density at radius 2 is 1.35 bits per heavy atom. The van der Waals surface area contributed by atoms with E-state index in [4.69, 9.17) is 4.98 Å². The molecule has 0 amide bonds. The molecule has 7 aromatic rings. The van der Waals surface area contributed by atoms with Gasteiger partial charge in [-0.05, 0) is 92.6 Å². The Balaban J connectivity index is 0.000000269. The molecule has 0 unspecified atom stereocenters. The van der Waals surface area contributed by atoms with Crippen molar-refractivity contribution in [3.8, 4) is 22.5 Å². The average Bonchev–Trinajstić information content (AvgIpc) is 3.04. The Morgan fingerprint density at radius 1 is 0.630 bits per heavy atom. The summed E-state index contributed by atoms with van der Waals surface area (Å²) in [5.74, 6) is 0.962. The molecule has 0 N–H and O–H groups in total. The van der Waals surface area contributed by atoms with Crippen molar-refractivity contribution in [2.75, 3.05) is 0 Å².